The average molecular weight is 461 g/mol. The number of rotatable bonds is 7. The highest BCUT2D eigenvalue weighted by molar-refractivity contribution is 7.81. The molecule has 0 bridgehead atoms. The van der Waals surface area contributed by atoms with Crippen LogP contribution in [0.1, 0.15) is 31.4 Å². The predicted octanol–water partition coefficient (Wildman–Crippen LogP) is 3.14. The fourth-order valence-electron chi connectivity index (χ4n) is 3.36. The molecular formula is C22H21F2N3O4S. The molecule has 1 heterocycles. The predicted molar refractivity (Wildman–Crippen MR) is 118 cm³/mol. The average Bonchev–Trinajstić information content (AvgIpc) is 2.95. The number of ether oxygens (including phenoxy) is 1. The first kappa shape index (κ1) is 23.5. The van der Waals surface area contributed by atoms with Crippen LogP contribution in [0.25, 0.3) is 0 Å². The minimum Gasteiger partial charge on any atom is -0.491 e. The number of halogens is 2. The standard InChI is InChI=1S/C22H21F2N3O4S/c1-22(2)20(30)26(15-4-3-13(10-25)18(9-15)19(23)24)21(32)27(22)14-5-7-17(8-6-14)31-12-16(29)11-28/h3-9,16,19,28-29H,11-12H2,1-2H3. The van der Waals surface area contributed by atoms with E-state index in [0.717, 1.165) is 6.07 Å². The number of nitrogens with zero attached hydrogens (tertiary/aromatic N) is 3. The molecule has 7 nitrogen and oxygen atoms in total. The number of nitriles is 1. The van der Waals surface area contributed by atoms with Crippen molar-refractivity contribution in [1.82, 2.24) is 0 Å². The Morgan fingerprint density at radius 1 is 1.19 bits per heavy atom. The molecule has 0 radical (unpaired) electrons. The van der Waals surface area contributed by atoms with Crippen LogP contribution >= 0.6 is 12.2 Å². The SMILES string of the molecule is CC1(C)C(=O)N(c2ccc(C#N)c(C(F)F)c2)C(=S)N1c1ccc(OCC(O)CO)cc1. The van der Waals surface area contributed by atoms with Gasteiger partial charge in [-0.05, 0) is 68.5 Å². The summed E-state index contributed by atoms with van der Waals surface area (Å²) in [5.74, 6) is 0.0415. The number of carbonyl (C=O) groups is 1. The molecule has 2 aromatic carbocycles. The number of aliphatic hydroxyl groups excluding tert-OH is 2. The van der Waals surface area contributed by atoms with Gasteiger partial charge in [0, 0.05) is 11.3 Å². The summed E-state index contributed by atoms with van der Waals surface area (Å²) in [6.45, 7) is 2.83. The van der Waals surface area contributed by atoms with E-state index >= 15 is 0 Å². The van der Waals surface area contributed by atoms with Crippen molar-refractivity contribution in [3.8, 4) is 11.8 Å². The number of thiocarbonyl (C=S) groups is 1. The molecule has 1 aliphatic heterocycles. The van der Waals surface area contributed by atoms with Crippen molar-refractivity contribution >= 4 is 34.6 Å². The van der Waals surface area contributed by atoms with E-state index in [4.69, 9.17) is 27.3 Å². The lowest BCUT2D eigenvalue weighted by Gasteiger charge is -2.29. The molecule has 1 atom stereocenters. The van der Waals surface area contributed by atoms with Crippen molar-refractivity contribution in [3.63, 3.8) is 0 Å². The number of hydrogen-bond acceptors (Lipinski definition) is 6. The maximum Gasteiger partial charge on any atom is 0.265 e. The molecule has 0 spiro atoms. The topological polar surface area (TPSA) is 97.0 Å². The van der Waals surface area contributed by atoms with Crippen molar-refractivity contribution in [2.45, 2.75) is 31.9 Å². The molecule has 0 aliphatic carbocycles. The van der Waals surface area contributed by atoms with Gasteiger partial charge in [0.2, 0.25) is 0 Å². The van der Waals surface area contributed by atoms with Crippen LogP contribution in [0.5, 0.6) is 5.75 Å². The molecule has 10 heteroatoms. The van der Waals surface area contributed by atoms with Gasteiger partial charge < -0.3 is 19.8 Å². The molecule has 2 aromatic rings. The molecule has 1 aliphatic rings. The number of carbonyl (C=O) groups excluding carboxylic acids is 1. The van der Waals surface area contributed by atoms with Crippen LogP contribution in [0, 0.1) is 11.3 Å². The first-order chi connectivity index (χ1) is 15.1. The molecule has 1 saturated heterocycles. The van der Waals surface area contributed by atoms with E-state index < -0.39 is 36.1 Å². The van der Waals surface area contributed by atoms with Gasteiger partial charge in [-0.15, -0.1) is 0 Å². The van der Waals surface area contributed by atoms with Gasteiger partial charge in [-0.25, -0.2) is 8.78 Å². The lowest BCUT2D eigenvalue weighted by molar-refractivity contribution is -0.120. The van der Waals surface area contributed by atoms with Gasteiger partial charge in [0.25, 0.3) is 12.3 Å². The summed E-state index contributed by atoms with van der Waals surface area (Å²) in [7, 11) is 0. The van der Waals surface area contributed by atoms with Crippen LogP contribution in [0.2, 0.25) is 0 Å². The molecule has 0 aromatic heterocycles. The summed E-state index contributed by atoms with van der Waals surface area (Å²) < 4.78 is 32.2. The Bertz CT molecular complexity index is 1070. The third-order valence-electron chi connectivity index (χ3n) is 5.07. The molecule has 32 heavy (non-hydrogen) atoms. The maximum atomic E-state index is 13.4. The Hall–Kier alpha value is -3.13. The van der Waals surface area contributed by atoms with Crippen molar-refractivity contribution in [2.24, 2.45) is 0 Å². The van der Waals surface area contributed by atoms with E-state index in [9.17, 15) is 18.7 Å². The fraction of sp³-hybridized carbons (Fsp3) is 0.318. The van der Waals surface area contributed by atoms with E-state index in [0.29, 0.717) is 11.4 Å². The van der Waals surface area contributed by atoms with Crippen molar-refractivity contribution in [1.29, 1.82) is 5.26 Å². The molecule has 0 saturated carbocycles. The third-order valence-corrected chi connectivity index (χ3v) is 5.43. The van der Waals surface area contributed by atoms with Gasteiger partial charge in [0.05, 0.1) is 23.9 Å². The fourth-order valence-corrected chi connectivity index (χ4v) is 3.89. The third kappa shape index (κ3) is 4.27. The lowest BCUT2D eigenvalue weighted by atomic mass is 10.0. The first-order valence-electron chi connectivity index (χ1n) is 9.64. The zero-order valence-electron chi connectivity index (χ0n) is 17.3. The first-order valence-corrected chi connectivity index (χ1v) is 10.0. The Kier molecular flexibility index (Phi) is 6.74. The van der Waals surface area contributed by atoms with Crippen LogP contribution in [-0.4, -0.2) is 46.1 Å². The van der Waals surface area contributed by atoms with Gasteiger partial charge in [-0.2, -0.15) is 5.26 Å². The highest BCUT2D eigenvalue weighted by Crippen LogP contribution is 2.38. The molecule has 2 N–H and O–H groups in total. The smallest absolute Gasteiger partial charge is 0.265 e. The molecule has 3 rings (SSSR count). The highest BCUT2D eigenvalue weighted by Gasteiger charge is 2.50. The van der Waals surface area contributed by atoms with Gasteiger partial charge in [0.15, 0.2) is 5.11 Å². The largest absolute Gasteiger partial charge is 0.491 e. The van der Waals surface area contributed by atoms with Crippen LogP contribution in [-0.2, 0) is 4.79 Å². The summed E-state index contributed by atoms with van der Waals surface area (Å²) in [4.78, 5) is 16.0. The van der Waals surface area contributed by atoms with E-state index in [1.54, 1.807) is 49.1 Å². The van der Waals surface area contributed by atoms with Crippen molar-refractivity contribution < 1.29 is 28.5 Å². The van der Waals surface area contributed by atoms with Gasteiger partial charge in [0.1, 0.15) is 24.0 Å². The number of hydrogen-bond donors (Lipinski definition) is 2. The molecule has 1 fully saturated rings. The van der Waals surface area contributed by atoms with Crippen LogP contribution in [0.15, 0.2) is 42.5 Å². The Balaban J connectivity index is 1.92. The highest BCUT2D eigenvalue weighted by atomic mass is 32.1. The summed E-state index contributed by atoms with van der Waals surface area (Å²) in [5.41, 5.74) is -1.01. The van der Waals surface area contributed by atoms with Crippen molar-refractivity contribution in [2.75, 3.05) is 23.0 Å². The zero-order valence-corrected chi connectivity index (χ0v) is 18.1. The Morgan fingerprint density at radius 2 is 1.81 bits per heavy atom. The monoisotopic (exact) mass is 461 g/mol. The summed E-state index contributed by atoms with van der Waals surface area (Å²) in [5, 5.41) is 27.4. The van der Waals surface area contributed by atoms with Gasteiger partial charge >= 0.3 is 0 Å². The summed E-state index contributed by atoms with van der Waals surface area (Å²) in [6, 6.07) is 12.1. The van der Waals surface area contributed by atoms with Crippen LogP contribution in [0.4, 0.5) is 20.2 Å². The van der Waals surface area contributed by atoms with Gasteiger partial charge in [-0.3, -0.25) is 9.69 Å². The minimum absolute atomic E-state index is 0.0824. The van der Waals surface area contributed by atoms with Crippen molar-refractivity contribution in [3.05, 3.63) is 53.6 Å². The lowest BCUT2D eigenvalue weighted by Crippen LogP contribution is -2.44. The second kappa shape index (κ2) is 9.16. The maximum absolute atomic E-state index is 13.4. The minimum atomic E-state index is -2.88. The second-order valence-corrected chi connectivity index (χ2v) is 8.01. The molecule has 1 unspecified atom stereocenters. The molecule has 168 valence electrons. The van der Waals surface area contributed by atoms with E-state index in [-0.39, 0.29) is 23.0 Å². The summed E-state index contributed by atoms with van der Waals surface area (Å²) >= 11 is 5.54. The van der Waals surface area contributed by atoms with Crippen LogP contribution in [0.3, 0.4) is 0 Å². The van der Waals surface area contributed by atoms with E-state index in [1.807, 2.05) is 0 Å². The quantitative estimate of drug-likeness (QED) is 0.612. The Labute approximate surface area is 189 Å². The van der Waals surface area contributed by atoms with Gasteiger partial charge in [-0.1, -0.05) is 0 Å². The van der Waals surface area contributed by atoms with Crippen LogP contribution < -0.4 is 14.5 Å². The normalized spacial score (nSPS) is 16.4. The number of amides is 1. The molecule has 1 amide bonds. The zero-order chi connectivity index (χ0) is 23.6. The second-order valence-electron chi connectivity index (χ2n) is 7.64. The van der Waals surface area contributed by atoms with E-state index in [1.165, 1.54) is 17.0 Å². The summed E-state index contributed by atoms with van der Waals surface area (Å²) in [6.07, 6.45) is -3.88. The van der Waals surface area contributed by atoms with E-state index in [2.05, 4.69) is 0 Å². The molecular weight excluding hydrogens is 440 g/mol. The number of anilines is 2. The Morgan fingerprint density at radius 3 is 2.38 bits per heavy atom. The number of alkyl halides is 2. The number of aliphatic hydroxyl groups is 2. The number of benzene rings is 2.